The molecule has 0 fully saturated rings. The van der Waals surface area contributed by atoms with Crippen LogP contribution in [0.2, 0.25) is 0 Å². The molecule has 0 amide bonds. The first-order valence-corrected chi connectivity index (χ1v) is 4.96. The number of hydrogen-bond donors (Lipinski definition) is 1. The number of nitrogen functional groups attached to an aromatic ring is 1. The molecule has 15 heavy (non-hydrogen) atoms. The first-order chi connectivity index (χ1) is 7.18. The molecule has 0 saturated heterocycles. The van der Waals surface area contributed by atoms with Crippen molar-refractivity contribution < 1.29 is 0 Å². The van der Waals surface area contributed by atoms with E-state index in [1.165, 1.54) is 5.56 Å². The van der Waals surface area contributed by atoms with Gasteiger partial charge in [0.2, 0.25) is 0 Å². The van der Waals surface area contributed by atoms with Gasteiger partial charge in [0.05, 0.1) is 0 Å². The van der Waals surface area contributed by atoms with Gasteiger partial charge in [-0.25, -0.2) is 4.98 Å². The molecule has 1 aromatic heterocycles. The summed E-state index contributed by atoms with van der Waals surface area (Å²) in [5.74, 6) is 0.598. The topological polar surface area (TPSA) is 38.9 Å². The van der Waals surface area contributed by atoms with E-state index in [1.54, 1.807) is 6.20 Å². The third-order valence-electron chi connectivity index (χ3n) is 2.50. The number of nitrogens with two attached hydrogens (primary N) is 1. The normalized spacial score (nSPS) is 10.3. The number of aryl methyl sites for hydroxylation is 2. The zero-order chi connectivity index (χ0) is 10.8. The molecule has 2 nitrogen and oxygen atoms in total. The Morgan fingerprint density at radius 2 is 1.93 bits per heavy atom. The van der Waals surface area contributed by atoms with Gasteiger partial charge in [-0.15, -0.1) is 0 Å². The van der Waals surface area contributed by atoms with Crippen molar-refractivity contribution in [3.8, 4) is 11.1 Å². The molecule has 76 valence electrons. The summed E-state index contributed by atoms with van der Waals surface area (Å²) in [6.07, 6.45) is 1.74. The predicted octanol–water partition coefficient (Wildman–Crippen LogP) is 2.95. The van der Waals surface area contributed by atoms with Gasteiger partial charge in [-0.05, 0) is 31.0 Å². The van der Waals surface area contributed by atoms with Crippen LogP contribution < -0.4 is 5.73 Å². The SMILES string of the molecule is Cc1cccc(-c2c(C)ccnc2N)c1. The zero-order valence-corrected chi connectivity index (χ0v) is 8.99. The fourth-order valence-corrected chi connectivity index (χ4v) is 1.76. The first kappa shape index (κ1) is 9.71. The van der Waals surface area contributed by atoms with Crippen LogP contribution in [-0.4, -0.2) is 4.98 Å². The number of hydrogen-bond acceptors (Lipinski definition) is 2. The number of pyridine rings is 1. The van der Waals surface area contributed by atoms with Gasteiger partial charge >= 0.3 is 0 Å². The molecule has 0 saturated carbocycles. The lowest BCUT2D eigenvalue weighted by Gasteiger charge is -2.08. The Kier molecular flexibility index (Phi) is 2.42. The van der Waals surface area contributed by atoms with E-state index in [1.807, 2.05) is 12.1 Å². The standard InChI is InChI=1S/C13H14N2/c1-9-4-3-5-11(8-9)12-10(2)6-7-15-13(12)14/h3-8H,1-2H3,(H2,14,15). The van der Waals surface area contributed by atoms with Crippen molar-refractivity contribution >= 4 is 5.82 Å². The molecule has 0 aliphatic rings. The van der Waals surface area contributed by atoms with Crippen molar-refractivity contribution in [2.75, 3.05) is 5.73 Å². The maximum atomic E-state index is 5.89. The minimum absolute atomic E-state index is 0.598. The number of rotatable bonds is 1. The molecule has 2 rings (SSSR count). The van der Waals surface area contributed by atoms with Crippen molar-refractivity contribution in [1.29, 1.82) is 0 Å². The number of benzene rings is 1. The summed E-state index contributed by atoms with van der Waals surface area (Å²) in [4.78, 5) is 4.12. The van der Waals surface area contributed by atoms with Crippen LogP contribution in [0.15, 0.2) is 36.5 Å². The molecular formula is C13H14N2. The van der Waals surface area contributed by atoms with Crippen LogP contribution in [0.4, 0.5) is 5.82 Å². The van der Waals surface area contributed by atoms with E-state index in [0.717, 1.165) is 16.7 Å². The molecule has 1 aromatic carbocycles. The van der Waals surface area contributed by atoms with E-state index in [-0.39, 0.29) is 0 Å². The summed E-state index contributed by atoms with van der Waals surface area (Å²) < 4.78 is 0. The second-order valence-corrected chi connectivity index (χ2v) is 3.76. The Labute approximate surface area is 89.8 Å². The van der Waals surface area contributed by atoms with Crippen LogP contribution in [0.1, 0.15) is 11.1 Å². The van der Waals surface area contributed by atoms with E-state index < -0.39 is 0 Å². The van der Waals surface area contributed by atoms with Crippen molar-refractivity contribution in [1.82, 2.24) is 4.98 Å². The molecule has 0 unspecified atom stereocenters. The summed E-state index contributed by atoms with van der Waals surface area (Å²) >= 11 is 0. The van der Waals surface area contributed by atoms with Gasteiger partial charge in [0.15, 0.2) is 0 Å². The Bertz CT molecular complexity index is 469. The molecule has 0 aliphatic heterocycles. The summed E-state index contributed by atoms with van der Waals surface area (Å²) in [5, 5.41) is 0. The number of anilines is 1. The minimum atomic E-state index is 0.598. The number of aromatic nitrogens is 1. The lowest BCUT2D eigenvalue weighted by Crippen LogP contribution is -1.96. The fourth-order valence-electron chi connectivity index (χ4n) is 1.76. The molecule has 2 N–H and O–H groups in total. The Morgan fingerprint density at radius 3 is 2.60 bits per heavy atom. The second-order valence-electron chi connectivity index (χ2n) is 3.76. The molecule has 2 aromatic rings. The highest BCUT2D eigenvalue weighted by molar-refractivity contribution is 5.76. The Hall–Kier alpha value is -1.83. The largest absolute Gasteiger partial charge is 0.383 e. The van der Waals surface area contributed by atoms with Gasteiger partial charge in [0.1, 0.15) is 5.82 Å². The van der Waals surface area contributed by atoms with Gasteiger partial charge in [0, 0.05) is 11.8 Å². The summed E-state index contributed by atoms with van der Waals surface area (Å²) in [6, 6.07) is 10.3. The minimum Gasteiger partial charge on any atom is -0.383 e. The molecule has 0 aliphatic carbocycles. The maximum Gasteiger partial charge on any atom is 0.131 e. The quantitative estimate of drug-likeness (QED) is 0.765. The molecule has 1 heterocycles. The van der Waals surface area contributed by atoms with Crippen LogP contribution in [0.5, 0.6) is 0 Å². The average molecular weight is 198 g/mol. The van der Waals surface area contributed by atoms with Gasteiger partial charge in [-0.1, -0.05) is 29.8 Å². The van der Waals surface area contributed by atoms with Crippen molar-refractivity contribution in [3.63, 3.8) is 0 Å². The molecular weight excluding hydrogens is 184 g/mol. The van der Waals surface area contributed by atoms with Crippen molar-refractivity contribution in [2.24, 2.45) is 0 Å². The fraction of sp³-hybridized carbons (Fsp3) is 0.154. The Morgan fingerprint density at radius 1 is 1.13 bits per heavy atom. The van der Waals surface area contributed by atoms with Gasteiger partial charge in [-0.3, -0.25) is 0 Å². The highest BCUT2D eigenvalue weighted by Crippen LogP contribution is 2.27. The van der Waals surface area contributed by atoms with Crippen LogP contribution in [0, 0.1) is 13.8 Å². The molecule has 2 heteroatoms. The van der Waals surface area contributed by atoms with Crippen molar-refractivity contribution in [3.05, 3.63) is 47.7 Å². The molecule has 0 radical (unpaired) electrons. The van der Waals surface area contributed by atoms with Crippen LogP contribution in [-0.2, 0) is 0 Å². The number of nitrogens with zero attached hydrogens (tertiary/aromatic N) is 1. The van der Waals surface area contributed by atoms with Crippen LogP contribution in [0.3, 0.4) is 0 Å². The third-order valence-corrected chi connectivity index (χ3v) is 2.50. The Balaban J connectivity index is 2.63. The van der Waals surface area contributed by atoms with Gasteiger partial charge in [-0.2, -0.15) is 0 Å². The van der Waals surface area contributed by atoms with Gasteiger partial charge in [0.25, 0.3) is 0 Å². The van der Waals surface area contributed by atoms with Gasteiger partial charge < -0.3 is 5.73 Å². The molecule has 0 bridgehead atoms. The third kappa shape index (κ3) is 1.84. The van der Waals surface area contributed by atoms with E-state index in [2.05, 4.69) is 37.0 Å². The molecule has 0 spiro atoms. The van der Waals surface area contributed by atoms with Crippen LogP contribution in [0.25, 0.3) is 11.1 Å². The summed E-state index contributed by atoms with van der Waals surface area (Å²) in [6.45, 7) is 4.13. The predicted molar refractivity (Wildman–Crippen MR) is 63.6 cm³/mol. The summed E-state index contributed by atoms with van der Waals surface area (Å²) in [5.41, 5.74) is 10.5. The van der Waals surface area contributed by atoms with E-state index >= 15 is 0 Å². The van der Waals surface area contributed by atoms with Crippen LogP contribution >= 0.6 is 0 Å². The highest BCUT2D eigenvalue weighted by atomic mass is 14.8. The van der Waals surface area contributed by atoms with E-state index in [0.29, 0.717) is 5.82 Å². The average Bonchev–Trinajstić information content (AvgIpc) is 2.17. The lowest BCUT2D eigenvalue weighted by atomic mass is 10.0. The highest BCUT2D eigenvalue weighted by Gasteiger charge is 2.06. The van der Waals surface area contributed by atoms with E-state index in [9.17, 15) is 0 Å². The lowest BCUT2D eigenvalue weighted by molar-refractivity contribution is 1.29. The zero-order valence-electron chi connectivity index (χ0n) is 8.99. The molecule has 0 atom stereocenters. The first-order valence-electron chi connectivity index (χ1n) is 4.96. The smallest absolute Gasteiger partial charge is 0.131 e. The van der Waals surface area contributed by atoms with E-state index in [4.69, 9.17) is 5.73 Å². The maximum absolute atomic E-state index is 5.89. The second kappa shape index (κ2) is 3.73. The summed E-state index contributed by atoms with van der Waals surface area (Å²) in [7, 11) is 0. The van der Waals surface area contributed by atoms with Crippen molar-refractivity contribution in [2.45, 2.75) is 13.8 Å². The monoisotopic (exact) mass is 198 g/mol.